The minimum Gasteiger partial charge on any atom is -0.465 e. The summed E-state index contributed by atoms with van der Waals surface area (Å²) in [5.74, 6) is -0.829. The molecule has 0 aliphatic heterocycles. The Morgan fingerprint density at radius 2 is 2.17 bits per heavy atom. The van der Waals surface area contributed by atoms with E-state index in [-0.39, 0.29) is 16.0 Å². The van der Waals surface area contributed by atoms with Gasteiger partial charge in [0.25, 0.3) is 0 Å². The van der Waals surface area contributed by atoms with Crippen LogP contribution in [0.1, 0.15) is 17.3 Å². The summed E-state index contributed by atoms with van der Waals surface area (Å²) in [5, 5.41) is 0.425. The summed E-state index contributed by atoms with van der Waals surface area (Å²) >= 11 is 9.11. The van der Waals surface area contributed by atoms with Crippen LogP contribution in [0.3, 0.4) is 0 Å². The van der Waals surface area contributed by atoms with E-state index in [0.717, 1.165) is 7.11 Å². The van der Waals surface area contributed by atoms with Crippen molar-refractivity contribution in [2.24, 2.45) is 0 Å². The normalized spacial score (nSPS) is 13.3. The third-order valence-electron chi connectivity index (χ3n) is 2.07. The number of hydrogen-bond donors (Lipinski definition) is 0. The summed E-state index contributed by atoms with van der Waals surface area (Å²) in [6.45, 7) is 1.82. The molecular formula is C12H10BrClO4. The lowest BCUT2D eigenvalue weighted by molar-refractivity contribution is 0.0595. The Kier molecular flexibility index (Phi) is 5.37. The third-order valence-corrected chi connectivity index (χ3v) is 2.88. The van der Waals surface area contributed by atoms with Gasteiger partial charge in [0.05, 0.1) is 12.1 Å². The van der Waals surface area contributed by atoms with Gasteiger partial charge in [-0.15, -0.1) is 0 Å². The molecule has 1 aromatic rings. The molecule has 0 spiro atoms. The summed E-state index contributed by atoms with van der Waals surface area (Å²) in [7, 11) is 1.16. The summed E-state index contributed by atoms with van der Waals surface area (Å²) < 4.78 is 9.47. The maximum Gasteiger partial charge on any atom is 0.352 e. The van der Waals surface area contributed by atoms with Crippen molar-refractivity contribution in [2.75, 3.05) is 7.11 Å². The van der Waals surface area contributed by atoms with Gasteiger partial charge in [-0.05, 0) is 6.92 Å². The first-order valence-corrected chi connectivity index (χ1v) is 6.20. The van der Waals surface area contributed by atoms with E-state index in [2.05, 4.69) is 20.7 Å². The second-order valence-electron chi connectivity index (χ2n) is 3.15. The summed E-state index contributed by atoms with van der Waals surface area (Å²) in [5.41, 5.74) is -0.918. The van der Waals surface area contributed by atoms with Gasteiger partial charge in [-0.3, -0.25) is 0 Å². The number of halogens is 2. The number of methoxy groups -OCH3 is 1. The Hall–Kier alpha value is -1.33. The van der Waals surface area contributed by atoms with Crippen LogP contribution in [0, 0.1) is 0 Å². The quantitative estimate of drug-likeness (QED) is 0.771. The van der Waals surface area contributed by atoms with Crippen LogP contribution in [0.15, 0.2) is 21.4 Å². The topological polar surface area (TPSA) is 56.5 Å². The summed E-state index contributed by atoms with van der Waals surface area (Å²) in [6.07, 6.45) is 5.12. The molecule has 0 saturated carbocycles. The maximum absolute atomic E-state index is 11.6. The van der Waals surface area contributed by atoms with Gasteiger partial charge in [-0.25, -0.2) is 9.59 Å². The summed E-state index contributed by atoms with van der Waals surface area (Å²) in [6, 6.07) is 0. The van der Waals surface area contributed by atoms with Gasteiger partial charge in [0.2, 0.25) is 0 Å². The van der Waals surface area contributed by atoms with E-state index in [1.807, 2.05) is 6.92 Å². The monoisotopic (exact) mass is 332 g/mol. The molecule has 18 heavy (non-hydrogen) atoms. The zero-order valence-electron chi connectivity index (χ0n) is 9.70. The maximum atomic E-state index is 11.6. The number of carbonyl (C=O) groups is 1. The average molecular weight is 334 g/mol. The zero-order chi connectivity index (χ0) is 13.7. The Bertz CT molecular complexity index is 658. The van der Waals surface area contributed by atoms with E-state index in [9.17, 15) is 9.59 Å². The fourth-order valence-corrected chi connectivity index (χ4v) is 1.89. The average Bonchev–Trinajstić information content (AvgIpc) is 2.36. The molecule has 0 aliphatic rings. The molecule has 6 heteroatoms. The van der Waals surface area contributed by atoms with Crippen LogP contribution in [-0.4, -0.2) is 13.1 Å². The van der Waals surface area contributed by atoms with Gasteiger partial charge in [0.1, 0.15) is 5.42 Å². The second kappa shape index (κ2) is 6.56. The molecule has 1 heterocycles. The Balaban J connectivity index is 3.82. The number of ether oxygens (including phenoxy) is 1. The largest absolute Gasteiger partial charge is 0.465 e. The molecular weight excluding hydrogens is 323 g/mol. The lowest BCUT2D eigenvalue weighted by Crippen LogP contribution is -2.34. The molecule has 1 aromatic heterocycles. The number of rotatable bonds is 2. The SMILES string of the molecule is C\C=C/C=c1/c(Cl)c(C(=O)OC)c(=O)o/c1=C\Br. The molecule has 0 aliphatic carbocycles. The molecule has 96 valence electrons. The number of carbonyl (C=O) groups excluding carboxylic acids is 1. The zero-order valence-corrected chi connectivity index (χ0v) is 12.0. The van der Waals surface area contributed by atoms with Gasteiger partial charge in [0.15, 0.2) is 5.56 Å². The number of esters is 1. The highest BCUT2D eigenvalue weighted by Crippen LogP contribution is 2.06. The molecule has 0 bridgehead atoms. The number of allylic oxidation sites excluding steroid dienone is 2. The van der Waals surface area contributed by atoms with Crippen LogP contribution in [0.5, 0.6) is 0 Å². The van der Waals surface area contributed by atoms with Gasteiger partial charge < -0.3 is 9.15 Å². The van der Waals surface area contributed by atoms with Gasteiger partial charge in [-0.1, -0.05) is 45.8 Å². The van der Waals surface area contributed by atoms with E-state index in [0.29, 0.717) is 5.22 Å². The van der Waals surface area contributed by atoms with Gasteiger partial charge in [-0.2, -0.15) is 0 Å². The van der Waals surface area contributed by atoms with Crippen molar-refractivity contribution in [1.82, 2.24) is 0 Å². The van der Waals surface area contributed by atoms with Crippen LogP contribution < -0.4 is 16.3 Å². The number of hydrogen-bond acceptors (Lipinski definition) is 4. The first kappa shape index (κ1) is 14.7. The van der Waals surface area contributed by atoms with E-state index in [1.165, 1.54) is 4.99 Å². The van der Waals surface area contributed by atoms with Crippen LogP contribution in [-0.2, 0) is 4.74 Å². The van der Waals surface area contributed by atoms with Crippen molar-refractivity contribution in [3.63, 3.8) is 0 Å². The smallest absolute Gasteiger partial charge is 0.352 e. The molecule has 0 atom stereocenters. The van der Waals surface area contributed by atoms with E-state index < -0.39 is 11.6 Å². The fraction of sp³-hybridized carbons (Fsp3) is 0.167. The van der Waals surface area contributed by atoms with Gasteiger partial charge in [0, 0.05) is 10.2 Å². The van der Waals surface area contributed by atoms with Crippen molar-refractivity contribution in [1.29, 1.82) is 0 Å². The molecule has 0 saturated heterocycles. The summed E-state index contributed by atoms with van der Waals surface area (Å²) in [4.78, 5) is 24.5. The highest BCUT2D eigenvalue weighted by Gasteiger charge is 2.18. The minimum atomic E-state index is -0.838. The predicted octanol–water partition coefficient (Wildman–Crippen LogP) is 1.57. The predicted molar refractivity (Wildman–Crippen MR) is 73.2 cm³/mol. The Labute approximate surface area is 116 Å². The first-order valence-electron chi connectivity index (χ1n) is 4.91. The molecule has 0 radical (unpaired) electrons. The third kappa shape index (κ3) is 2.91. The highest BCUT2D eigenvalue weighted by molar-refractivity contribution is 9.14. The molecule has 1 rings (SSSR count). The van der Waals surface area contributed by atoms with E-state index in [1.54, 1.807) is 18.2 Å². The van der Waals surface area contributed by atoms with Crippen molar-refractivity contribution in [2.45, 2.75) is 6.92 Å². The van der Waals surface area contributed by atoms with E-state index >= 15 is 0 Å². The first-order chi connectivity index (χ1) is 8.56. The molecule has 0 fully saturated rings. The van der Waals surface area contributed by atoms with Crippen molar-refractivity contribution in [3.8, 4) is 0 Å². The minimum absolute atomic E-state index is 0.00176. The van der Waals surface area contributed by atoms with Crippen LogP contribution in [0.2, 0.25) is 5.02 Å². The van der Waals surface area contributed by atoms with Crippen molar-refractivity contribution >= 4 is 44.6 Å². The lowest BCUT2D eigenvalue weighted by atomic mass is 10.2. The van der Waals surface area contributed by atoms with Crippen molar-refractivity contribution in [3.05, 3.63) is 43.8 Å². The van der Waals surface area contributed by atoms with Crippen molar-refractivity contribution < 1.29 is 13.9 Å². The Morgan fingerprint density at radius 3 is 2.67 bits per heavy atom. The Morgan fingerprint density at radius 1 is 1.50 bits per heavy atom. The molecule has 0 amide bonds. The molecule has 0 aromatic carbocycles. The molecule has 4 nitrogen and oxygen atoms in total. The highest BCUT2D eigenvalue weighted by atomic mass is 79.9. The lowest BCUT2D eigenvalue weighted by Gasteiger charge is -2.01. The van der Waals surface area contributed by atoms with Gasteiger partial charge >= 0.3 is 11.6 Å². The van der Waals surface area contributed by atoms with Crippen LogP contribution in [0.25, 0.3) is 11.1 Å². The molecule has 0 unspecified atom stereocenters. The van der Waals surface area contributed by atoms with E-state index in [4.69, 9.17) is 16.0 Å². The fourth-order valence-electron chi connectivity index (χ4n) is 1.24. The van der Waals surface area contributed by atoms with Crippen LogP contribution in [0.4, 0.5) is 0 Å². The second-order valence-corrected chi connectivity index (χ2v) is 3.99. The van der Waals surface area contributed by atoms with Crippen LogP contribution >= 0.6 is 27.5 Å². The molecule has 0 N–H and O–H groups in total. The standard InChI is InChI=1S/C12H10BrClO4/c1-3-4-5-7-8(6-13)18-12(16)9(10(7)14)11(15)17-2/h3-6H,1-2H3/b4-3-,7-5+,8-6-.